The van der Waals surface area contributed by atoms with E-state index in [9.17, 15) is 4.79 Å². The van der Waals surface area contributed by atoms with E-state index in [1.54, 1.807) is 0 Å². The summed E-state index contributed by atoms with van der Waals surface area (Å²) in [4.78, 5) is 14.8. The topological polar surface area (TPSA) is 32.3 Å². The summed E-state index contributed by atoms with van der Waals surface area (Å²) in [7, 11) is 0. The van der Waals surface area contributed by atoms with Gasteiger partial charge in [-0.2, -0.15) is 0 Å². The fourth-order valence-electron chi connectivity index (χ4n) is 3.08. The second kappa shape index (κ2) is 7.48. The highest BCUT2D eigenvalue weighted by molar-refractivity contribution is 5.99. The monoisotopic (exact) mass is 288 g/mol. The Kier molecular flexibility index (Phi) is 5.66. The Morgan fingerprint density at radius 1 is 1.33 bits per heavy atom. The van der Waals surface area contributed by atoms with Crippen LogP contribution >= 0.6 is 0 Å². The number of benzene rings is 1. The lowest BCUT2D eigenvalue weighted by atomic mass is 10.0. The molecule has 3 nitrogen and oxygen atoms in total. The van der Waals surface area contributed by atoms with E-state index in [0.717, 1.165) is 43.7 Å². The molecule has 0 spiro atoms. The van der Waals surface area contributed by atoms with Gasteiger partial charge < -0.3 is 10.2 Å². The molecule has 1 aromatic rings. The molecule has 1 saturated heterocycles. The summed E-state index contributed by atoms with van der Waals surface area (Å²) in [5.41, 5.74) is 3.00. The summed E-state index contributed by atoms with van der Waals surface area (Å²) in [5, 5.41) is 3.40. The molecular weight excluding hydrogens is 260 g/mol. The van der Waals surface area contributed by atoms with Crippen molar-refractivity contribution in [1.29, 1.82) is 0 Å². The Hall–Kier alpha value is -1.51. The third kappa shape index (κ3) is 3.99. The van der Waals surface area contributed by atoms with E-state index >= 15 is 0 Å². The lowest BCUT2D eigenvalue weighted by Gasteiger charge is -2.19. The number of carbonyl (C=O) groups is 1. The normalized spacial score (nSPS) is 18.0. The molecule has 0 aliphatic carbocycles. The Morgan fingerprint density at radius 2 is 2.14 bits per heavy atom. The minimum Gasteiger partial charge on any atom is -0.384 e. The van der Waals surface area contributed by atoms with Crippen molar-refractivity contribution >= 4 is 11.6 Å². The van der Waals surface area contributed by atoms with Gasteiger partial charge in [0.1, 0.15) is 0 Å². The maximum Gasteiger partial charge on any atom is 0.255 e. The molecule has 0 saturated carbocycles. The lowest BCUT2D eigenvalue weighted by molar-refractivity contribution is 0.0787. The lowest BCUT2D eigenvalue weighted by Crippen LogP contribution is -2.29. The standard InChI is InChI=1S/C18H28N2O/c1-4-6-15-9-11-20(13-15)18(21)16-8-7-14(3)12-17(16)19-10-5-2/h7-8,12,15,19H,4-6,9-11,13H2,1-3H3. The second-order valence-electron chi connectivity index (χ2n) is 6.17. The molecule has 2 rings (SSSR count). The van der Waals surface area contributed by atoms with Gasteiger partial charge in [0, 0.05) is 25.3 Å². The average Bonchev–Trinajstić information content (AvgIpc) is 2.93. The molecule has 1 aliphatic rings. The Labute approximate surface area is 128 Å². The molecule has 1 fully saturated rings. The van der Waals surface area contributed by atoms with E-state index in [-0.39, 0.29) is 5.91 Å². The summed E-state index contributed by atoms with van der Waals surface area (Å²) < 4.78 is 0. The molecule has 0 bridgehead atoms. The number of hydrogen-bond acceptors (Lipinski definition) is 2. The average molecular weight is 288 g/mol. The first kappa shape index (κ1) is 15.9. The Bertz CT molecular complexity index is 484. The van der Waals surface area contributed by atoms with Crippen LogP contribution in [0.2, 0.25) is 0 Å². The molecule has 1 unspecified atom stereocenters. The maximum absolute atomic E-state index is 12.8. The number of likely N-dealkylation sites (tertiary alicyclic amines) is 1. The van der Waals surface area contributed by atoms with E-state index < -0.39 is 0 Å². The van der Waals surface area contributed by atoms with Gasteiger partial charge in [-0.25, -0.2) is 0 Å². The summed E-state index contributed by atoms with van der Waals surface area (Å²) in [6.07, 6.45) is 4.66. The number of rotatable bonds is 6. The van der Waals surface area contributed by atoms with E-state index in [1.807, 2.05) is 17.0 Å². The summed E-state index contributed by atoms with van der Waals surface area (Å²) in [6.45, 7) is 9.16. The predicted octanol–water partition coefficient (Wildman–Crippen LogP) is 4.08. The molecule has 1 aliphatic heterocycles. The zero-order chi connectivity index (χ0) is 15.2. The number of nitrogens with one attached hydrogen (secondary N) is 1. The van der Waals surface area contributed by atoms with Gasteiger partial charge in [-0.05, 0) is 49.8 Å². The van der Waals surface area contributed by atoms with Crippen molar-refractivity contribution in [2.24, 2.45) is 5.92 Å². The Balaban J connectivity index is 2.11. The van der Waals surface area contributed by atoms with Crippen molar-refractivity contribution in [3.8, 4) is 0 Å². The quantitative estimate of drug-likeness (QED) is 0.855. The highest BCUT2D eigenvalue weighted by Crippen LogP contribution is 2.25. The summed E-state index contributed by atoms with van der Waals surface area (Å²) >= 11 is 0. The van der Waals surface area contributed by atoms with Gasteiger partial charge in [0.15, 0.2) is 0 Å². The van der Waals surface area contributed by atoms with Gasteiger partial charge in [-0.3, -0.25) is 4.79 Å². The van der Waals surface area contributed by atoms with E-state index in [2.05, 4.69) is 32.2 Å². The van der Waals surface area contributed by atoms with Crippen LogP contribution in [0.1, 0.15) is 55.5 Å². The molecule has 1 heterocycles. The number of amides is 1. The van der Waals surface area contributed by atoms with Crippen LogP contribution in [0.4, 0.5) is 5.69 Å². The third-order valence-electron chi connectivity index (χ3n) is 4.24. The highest BCUT2D eigenvalue weighted by Gasteiger charge is 2.27. The van der Waals surface area contributed by atoms with Crippen molar-refractivity contribution in [1.82, 2.24) is 4.90 Å². The maximum atomic E-state index is 12.8. The van der Waals surface area contributed by atoms with E-state index in [4.69, 9.17) is 0 Å². The van der Waals surface area contributed by atoms with Crippen LogP contribution in [0, 0.1) is 12.8 Å². The number of carbonyl (C=O) groups excluding carboxylic acids is 1. The molecule has 1 N–H and O–H groups in total. The molecule has 116 valence electrons. The van der Waals surface area contributed by atoms with Gasteiger partial charge in [0.25, 0.3) is 5.91 Å². The SMILES string of the molecule is CCCNc1cc(C)ccc1C(=O)N1CCC(CCC)C1. The minimum atomic E-state index is 0.187. The van der Waals surface area contributed by atoms with Crippen LogP contribution < -0.4 is 5.32 Å². The van der Waals surface area contributed by atoms with Crippen molar-refractivity contribution in [3.63, 3.8) is 0 Å². The van der Waals surface area contributed by atoms with Crippen LogP contribution in [-0.4, -0.2) is 30.4 Å². The summed E-state index contributed by atoms with van der Waals surface area (Å²) in [6, 6.07) is 6.09. The number of aryl methyl sites for hydroxylation is 1. The number of anilines is 1. The number of hydrogen-bond donors (Lipinski definition) is 1. The molecule has 0 aromatic heterocycles. The molecule has 0 radical (unpaired) electrons. The van der Waals surface area contributed by atoms with Crippen molar-refractivity contribution in [2.75, 3.05) is 25.0 Å². The van der Waals surface area contributed by atoms with Gasteiger partial charge >= 0.3 is 0 Å². The van der Waals surface area contributed by atoms with Gasteiger partial charge in [-0.15, -0.1) is 0 Å². The zero-order valence-corrected chi connectivity index (χ0v) is 13.6. The first-order valence-corrected chi connectivity index (χ1v) is 8.29. The smallest absolute Gasteiger partial charge is 0.255 e. The van der Waals surface area contributed by atoms with Gasteiger partial charge in [-0.1, -0.05) is 26.3 Å². The zero-order valence-electron chi connectivity index (χ0n) is 13.6. The second-order valence-corrected chi connectivity index (χ2v) is 6.17. The largest absolute Gasteiger partial charge is 0.384 e. The predicted molar refractivity (Wildman–Crippen MR) is 88.9 cm³/mol. The van der Waals surface area contributed by atoms with Gasteiger partial charge in [0.2, 0.25) is 0 Å². The minimum absolute atomic E-state index is 0.187. The van der Waals surface area contributed by atoms with E-state index in [1.165, 1.54) is 18.4 Å². The van der Waals surface area contributed by atoms with Crippen molar-refractivity contribution in [3.05, 3.63) is 29.3 Å². The molecular formula is C18H28N2O. The van der Waals surface area contributed by atoms with Gasteiger partial charge in [0.05, 0.1) is 5.56 Å². The number of nitrogens with zero attached hydrogens (tertiary/aromatic N) is 1. The van der Waals surface area contributed by atoms with Crippen LogP contribution in [0.5, 0.6) is 0 Å². The van der Waals surface area contributed by atoms with Crippen LogP contribution in [0.15, 0.2) is 18.2 Å². The molecule has 3 heteroatoms. The third-order valence-corrected chi connectivity index (χ3v) is 4.24. The van der Waals surface area contributed by atoms with E-state index in [0.29, 0.717) is 5.92 Å². The molecule has 21 heavy (non-hydrogen) atoms. The molecule has 1 aromatic carbocycles. The van der Waals surface area contributed by atoms with Crippen molar-refractivity contribution in [2.45, 2.75) is 46.5 Å². The van der Waals surface area contributed by atoms with Crippen LogP contribution in [0.25, 0.3) is 0 Å². The van der Waals surface area contributed by atoms with Crippen LogP contribution in [0.3, 0.4) is 0 Å². The molecule has 1 amide bonds. The van der Waals surface area contributed by atoms with Crippen molar-refractivity contribution < 1.29 is 4.79 Å². The fraction of sp³-hybridized carbons (Fsp3) is 0.611. The highest BCUT2D eigenvalue weighted by atomic mass is 16.2. The Morgan fingerprint density at radius 3 is 2.86 bits per heavy atom. The molecule has 1 atom stereocenters. The van der Waals surface area contributed by atoms with Crippen LogP contribution in [-0.2, 0) is 0 Å². The summed E-state index contributed by atoms with van der Waals surface area (Å²) in [5.74, 6) is 0.878. The first-order valence-electron chi connectivity index (χ1n) is 8.29. The fourth-order valence-corrected chi connectivity index (χ4v) is 3.08. The first-order chi connectivity index (χ1) is 10.2.